The second kappa shape index (κ2) is 4.83. The molecule has 2 heterocycles. The van der Waals surface area contributed by atoms with E-state index >= 15 is 0 Å². The number of aryl methyl sites for hydroxylation is 1. The van der Waals surface area contributed by atoms with Crippen LogP contribution in [0.2, 0.25) is 0 Å². The van der Waals surface area contributed by atoms with Crippen molar-refractivity contribution in [1.82, 2.24) is 10.2 Å². The number of ketones is 1. The van der Waals surface area contributed by atoms with Gasteiger partial charge >= 0.3 is 0 Å². The minimum absolute atomic E-state index is 0.104. The molecule has 1 saturated heterocycles. The number of hydrogen-bond donors (Lipinski definition) is 1. The van der Waals surface area contributed by atoms with Crippen LogP contribution in [0.25, 0.3) is 0 Å². The lowest BCUT2D eigenvalue weighted by Crippen LogP contribution is -2.53. The fraction of sp³-hybridized carbons (Fsp3) is 0.500. The van der Waals surface area contributed by atoms with Gasteiger partial charge in [0, 0.05) is 25.2 Å². The Kier molecular flexibility index (Phi) is 3.16. The van der Waals surface area contributed by atoms with Gasteiger partial charge < -0.3 is 14.8 Å². The van der Waals surface area contributed by atoms with Gasteiger partial charge in [0.25, 0.3) is 0 Å². The number of carbonyl (C=O) groups is 1. The molecule has 0 aromatic heterocycles. The molecule has 1 N–H and O–H groups in total. The number of rotatable bonds is 2. The summed E-state index contributed by atoms with van der Waals surface area (Å²) in [7, 11) is 1.99. The molecule has 0 saturated carbocycles. The Bertz CT molecular complexity index is 516. The number of carbonyl (C=O) groups excluding carboxylic acids is 1. The molecule has 102 valence electrons. The van der Waals surface area contributed by atoms with Crippen molar-refractivity contribution in [2.75, 3.05) is 33.5 Å². The quantitative estimate of drug-likeness (QED) is 0.799. The van der Waals surface area contributed by atoms with E-state index < -0.39 is 0 Å². The lowest BCUT2D eigenvalue weighted by Gasteiger charge is -2.32. The second-order valence-electron chi connectivity index (χ2n) is 5.09. The molecule has 1 aromatic rings. The zero-order valence-electron chi connectivity index (χ0n) is 11.2. The maximum Gasteiger partial charge on any atom is 0.231 e. The number of benzene rings is 1. The van der Waals surface area contributed by atoms with E-state index in [-0.39, 0.29) is 18.6 Å². The molecule has 2 aliphatic rings. The topological polar surface area (TPSA) is 50.8 Å². The number of fused-ring (bicyclic) bond motifs is 1. The average molecular weight is 262 g/mol. The smallest absolute Gasteiger partial charge is 0.231 e. The largest absolute Gasteiger partial charge is 0.454 e. The molecule has 1 fully saturated rings. The van der Waals surface area contributed by atoms with Crippen LogP contribution in [0.5, 0.6) is 11.5 Å². The number of Topliss-reactive ketones (excluding diaryl/α,β-unsaturated/α-hetero) is 1. The first-order valence-electron chi connectivity index (χ1n) is 6.52. The highest BCUT2D eigenvalue weighted by atomic mass is 16.7. The van der Waals surface area contributed by atoms with Crippen molar-refractivity contribution in [3.8, 4) is 11.5 Å². The third kappa shape index (κ3) is 2.19. The molecule has 2 aliphatic heterocycles. The molecular formula is C14H18N2O3. The third-order valence-corrected chi connectivity index (χ3v) is 3.80. The molecule has 1 atom stereocenters. The Morgan fingerprint density at radius 3 is 2.84 bits per heavy atom. The lowest BCUT2D eigenvalue weighted by atomic mass is 9.97. The van der Waals surface area contributed by atoms with Gasteiger partial charge in [0.1, 0.15) is 0 Å². The van der Waals surface area contributed by atoms with Gasteiger partial charge in [-0.2, -0.15) is 0 Å². The Morgan fingerprint density at radius 1 is 1.37 bits per heavy atom. The van der Waals surface area contributed by atoms with Crippen LogP contribution in [0.15, 0.2) is 12.1 Å². The Balaban J connectivity index is 1.91. The molecule has 0 spiro atoms. The van der Waals surface area contributed by atoms with Crippen LogP contribution in [0.3, 0.4) is 0 Å². The zero-order valence-corrected chi connectivity index (χ0v) is 11.2. The molecule has 0 bridgehead atoms. The zero-order chi connectivity index (χ0) is 13.4. The van der Waals surface area contributed by atoms with E-state index in [4.69, 9.17) is 9.47 Å². The first-order chi connectivity index (χ1) is 9.16. The monoisotopic (exact) mass is 262 g/mol. The van der Waals surface area contributed by atoms with Gasteiger partial charge in [-0.1, -0.05) is 0 Å². The summed E-state index contributed by atoms with van der Waals surface area (Å²) in [5, 5.41) is 3.27. The van der Waals surface area contributed by atoms with Crippen LogP contribution in [-0.2, 0) is 0 Å². The first kappa shape index (κ1) is 12.4. The van der Waals surface area contributed by atoms with Gasteiger partial charge in [-0.3, -0.25) is 9.69 Å². The molecule has 5 nitrogen and oxygen atoms in total. The van der Waals surface area contributed by atoms with Crippen molar-refractivity contribution in [1.29, 1.82) is 0 Å². The molecule has 19 heavy (non-hydrogen) atoms. The predicted octanol–water partition coefficient (Wildman–Crippen LogP) is 0.810. The van der Waals surface area contributed by atoms with Crippen LogP contribution < -0.4 is 14.8 Å². The van der Waals surface area contributed by atoms with Gasteiger partial charge in [-0.05, 0) is 31.7 Å². The fourth-order valence-electron chi connectivity index (χ4n) is 2.59. The van der Waals surface area contributed by atoms with Crippen molar-refractivity contribution in [3.63, 3.8) is 0 Å². The summed E-state index contributed by atoms with van der Waals surface area (Å²) < 4.78 is 10.7. The van der Waals surface area contributed by atoms with Crippen LogP contribution in [0.1, 0.15) is 15.9 Å². The maximum atomic E-state index is 12.7. The summed E-state index contributed by atoms with van der Waals surface area (Å²) in [6, 6.07) is 3.58. The van der Waals surface area contributed by atoms with E-state index in [1.54, 1.807) is 0 Å². The number of likely N-dealkylation sites (N-methyl/N-ethyl adjacent to an activating group) is 1. The van der Waals surface area contributed by atoms with E-state index in [1.807, 2.05) is 26.1 Å². The van der Waals surface area contributed by atoms with E-state index in [2.05, 4.69) is 10.2 Å². The maximum absolute atomic E-state index is 12.7. The lowest BCUT2D eigenvalue weighted by molar-refractivity contribution is 0.0818. The molecule has 1 aromatic carbocycles. The highest BCUT2D eigenvalue weighted by molar-refractivity contribution is 6.02. The number of nitrogens with one attached hydrogen (secondary N) is 1. The summed E-state index contributed by atoms with van der Waals surface area (Å²) in [4.78, 5) is 14.8. The van der Waals surface area contributed by atoms with Crippen molar-refractivity contribution in [2.45, 2.75) is 13.0 Å². The minimum atomic E-state index is -0.104. The standard InChI is InChI=1S/C14H18N2O3/c1-9-5-12-13(19-8-18-12)6-10(9)14(17)11-7-15-3-4-16(11)2/h5-6,11,15H,3-4,7-8H2,1-2H3. The molecule has 0 amide bonds. The van der Waals surface area contributed by atoms with Crippen molar-refractivity contribution >= 4 is 5.78 Å². The highest BCUT2D eigenvalue weighted by Crippen LogP contribution is 2.35. The van der Waals surface area contributed by atoms with Gasteiger partial charge in [0.2, 0.25) is 6.79 Å². The Labute approximate surface area is 112 Å². The van der Waals surface area contributed by atoms with Gasteiger partial charge in [0.15, 0.2) is 17.3 Å². The van der Waals surface area contributed by atoms with Crippen LogP contribution >= 0.6 is 0 Å². The molecule has 0 radical (unpaired) electrons. The Hall–Kier alpha value is -1.59. The number of ether oxygens (including phenoxy) is 2. The second-order valence-corrected chi connectivity index (χ2v) is 5.09. The number of hydrogen-bond acceptors (Lipinski definition) is 5. The summed E-state index contributed by atoms with van der Waals surface area (Å²) in [6.45, 7) is 4.69. The van der Waals surface area contributed by atoms with Gasteiger partial charge in [-0.15, -0.1) is 0 Å². The van der Waals surface area contributed by atoms with E-state index in [1.165, 1.54) is 0 Å². The summed E-state index contributed by atoms with van der Waals surface area (Å²) in [5.41, 5.74) is 1.66. The predicted molar refractivity (Wildman–Crippen MR) is 70.9 cm³/mol. The van der Waals surface area contributed by atoms with Gasteiger partial charge in [-0.25, -0.2) is 0 Å². The molecule has 3 rings (SSSR count). The van der Waals surface area contributed by atoms with Crippen molar-refractivity contribution in [2.24, 2.45) is 0 Å². The van der Waals surface area contributed by atoms with Crippen LogP contribution in [-0.4, -0.2) is 50.2 Å². The third-order valence-electron chi connectivity index (χ3n) is 3.80. The summed E-state index contributed by atoms with van der Waals surface area (Å²) in [5.74, 6) is 1.54. The summed E-state index contributed by atoms with van der Waals surface area (Å²) >= 11 is 0. The number of piperazine rings is 1. The average Bonchev–Trinajstić information content (AvgIpc) is 2.84. The van der Waals surface area contributed by atoms with E-state index in [0.717, 1.165) is 30.0 Å². The van der Waals surface area contributed by atoms with Crippen molar-refractivity contribution < 1.29 is 14.3 Å². The van der Waals surface area contributed by atoms with Gasteiger partial charge in [0.05, 0.1) is 6.04 Å². The van der Waals surface area contributed by atoms with Crippen LogP contribution in [0, 0.1) is 6.92 Å². The van der Waals surface area contributed by atoms with E-state index in [9.17, 15) is 4.79 Å². The van der Waals surface area contributed by atoms with Crippen LogP contribution in [0.4, 0.5) is 0 Å². The molecule has 1 unspecified atom stereocenters. The normalized spacial score (nSPS) is 22.5. The molecular weight excluding hydrogens is 244 g/mol. The van der Waals surface area contributed by atoms with Crippen molar-refractivity contribution in [3.05, 3.63) is 23.3 Å². The minimum Gasteiger partial charge on any atom is -0.454 e. The Morgan fingerprint density at radius 2 is 2.11 bits per heavy atom. The summed E-state index contributed by atoms with van der Waals surface area (Å²) in [6.07, 6.45) is 0. The highest BCUT2D eigenvalue weighted by Gasteiger charge is 2.29. The number of nitrogens with zero attached hydrogens (tertiary/aromatic N) is 1. The fourth-order valence-corrected chi connectivity index (χ4v) is 2.59. The first-order valence-corrected chi connectivity index (χ1v) is 6.52. The molecule has 5 heteroatoms. The van der Waals surface area contributed by atoms with E-state index in [0.29, 0.717) is 12.3 Å². The molecule has 0 aliphatic carbocycles. The SMILES string of the molecule is Cc1cc2c(cc1C(=O)C1CNCCN1C)OCO2.